The maximum absolute atomic E-state index is 2.42. The van der Waals surface area contributed by atoms with Crippen molar-refractivity contribution in [2.45, 2.75) is 93.9 Å². The highest BCUT2D eigenvalue weighted by Crippen LogP contribution is 2.54. The summed E-state index contributed by atoms with van der Waals surface area (Å²) in [5.41, 5.74) is 9.41. The van der Waals surface area contributed by atoms with Crippen LogP contribution in [-0.4, -0.2) is 0 Å². The van der Waals surface area contributed by atoms with Gasteiger partial charge in [0.1, 0.15) is 0 Å². The molecule has 0 atom stereocenters. The van der Waals surface area contributed by atoms with Crippen LogP contribution in [0.15, 0.2) is 45.6 Å². The SMILES string of the molecule is C/C=C(/C)C(=C(C)C)C1(C(=C(C)C)/C(C)=C\CC)CCCCC1. The van der Waals surface area contributed by atoms with E-state index in [-0.39, 0.29) is 5.41 Å². The van der Waals surface area contributed by atoms with E-state index < -0.39 is 0 Å². The molecule has 0 aromatic carbocycles. The Kier molecular flexibility index (Phi) is 7.58. The van der Waals surface area contributed by atoms with Crippen molar-refractivity contribution in [2.75, 3.05) is 0 Å². The molecule has 1 saturated carbocycles. The van der Waals surface area contributed by atoms with E-state index >= 15 is 0 Å². The zero-order chi connectivity index (χ0) is 17.6. The van der Waals surface area contributed by atoms with Gasteiger partial charge in [-0.2, -0.15) is 0 Å². The van der Waals surface area contributed by atoms with Gasteiger partial charge in [-0.3, -0.25) is 0 Å². The van der Waals surface area contributed by atoms with E-state index in [0.717, 1.165) is 6.42 Å². The second-order valence-electron chi connectivity index (χ2n) is 7.66. The molecule has 0 aliphatic heterocycles. The molecule has 0 N–H and O–H groups in total. The highest BCUT2D eigenvalue weighted by atomic mass is 14.4. The van der Waals surface area contributed by atoms with Crippen LogP contribution >= 0.6 is 0 Å². The van der Waals surface area contributed by atoms with E-state index in [9.17, 15) is 0 Å². The average molecular weight is 315 g/mol. The van der Waals surface area contributed by atoms with E-state index in [1.165, 1.54) is 54.4 Å². The first-order valence-electron chi connectivity index (χ1n) is 9.48. The number of allylic oxidation sites excluding steroid dienone is 8. The maximum atomic E-state index is 2.42. The van der Waals surface area contributed by atoms with Crippen LogP contribution in [0.2, 0.25) is 0 Å². The van der Waals surface area contributed by atoms with Gasteiger partial charge in [0, 0.05) is 5.41 Å². The molecule has 23 heavy (non-hydrogen) atoms. The van der Waals surface area contributed by atoms with Crippen molar-refractivity contribution in [3.8, 4) is 0 Å². The summed E-state index contributed by atoms with van der Waals surface area (Å²) in [6.07, 6.45) is 12.5. The summed E-state index contributed by atoms with van der Waals surface area (Å²) in [6, 6.07) is 0. The van der Waals surface area contributed by atoms with Gasteiger partial charge in [0.2, 0.25) is 0 Å². The van der Waals surface area contributed by atoms with Gasteiger partial charge in [-0.1, -0.05) is 60.6 Å². The molecule has 130 valence electrons. The fourth-order valence-corrected chi connectivity index (χ4v) is 4.83. The van der Waals surface area contributed by atoms with E-state index in [2.05, 4.69) is 67.5 Å². The van der Waals surface area contributed by atoms with E-state index in [1.807, 2.05) is 0 Å². The van der Waals surface area contributed by atoms with Crippen molar-refractivity contribution in [1.82, 2.24) is 0 Å². The zero-order valence-electron chi connectivity index (χ0n) is 16.9. The summed E-state index contributed by atoms with van der Waals surface area (Å²) in [5.74, 6) is 0. The van der Waals surface area contributed by atoms with Crippen LogP contribution < -0.4 is 0 Å². The summed E-state index contributed by atoms with van der Waals surface area (Å²) < 4.78 is 0. The van der Waals surface area contributed by atoms with Crippen molar-refractivity contribution in [3.05, 3.63) is 45.6 Å². The summed E-state index contributed by atoms with van der Waals surface area (Å²) in [4.78, 5) is 0. The van der Waals surface area contributed by atoms with Gasteiger partial charge in [0.15, 0.2) is 0 Å². The smallest absolute Gasteiger partial charge is 0.0206 e. The molecule has 0 unspecified atom stereocenters. The lowest BCUT2D eigenvalue weighted by Crippen LogP contribution is -2.31. The van der Waals surface area contributed by atoms with Crippen LogP contribution in [0.5, 0.6) is 0 Å². The molecule has 1 aliphatic carbocycles. The Morgan fingerprint density at radius 2 is 1.26 bits per heavy atom. The molecule has 0 nitrogen and oxygen atoms in total. The standard InChI is InChI=1S/C23H38/c1-9-14-20(8)22(18(5)6)23(15-12-11-13-16-23)21(17(3)4)19(7)10-2/h10,14H,9,11-13,15-16H2,1-8H3/b19-10-,20-14-. The average Bonchev–Trinajstić information content (AvgIpc) is 2.47. The van der Waals surface area contributed by atoms with Gasteiger partial charge in [0.05, 0.1) is 0 Å². The molecular weight excluding hydrogens is 276 g/mol. The topological polar surface area (TPSA) is 0 Å². The molecule has 0 heteroatoms. The van der Waals surface area contributed by atoms with Crippen molar-refractivity contribution in [2.24, 2.45) is 5.41 Å². The highest BCUT2D eigenvalue weighted by molar-refractivity contribution is 5.51. The summed E-state index contributed by atoms with van der Waals surface area (Å²) in [5, 5.41) is 0. The van der Waals surface area contributed by atoms with Crippen molar-refractivity contribution >= 4 is 0 Å². The van der Waals surface area contributed by atoms with Gasteiger partial charge in [-0.25, -0.2) is 0 Å². The third kappa shape index (κ3) is 4.28. The predicted molar refractivity (Wildman–Crippen MR) is 106 cm³/mol. The molecule has 0 aromatic heterocycles. The minimum absolute atomic E-state index is 0.224. The van der Waals surface area contributed by atoms with Crippen LogP contribution in [0.1, 0.15) is 93.9 Å². The lowest BCUT2D eigenvalue weighted by Gasteiger charge is -2.44. The Morgan fingerprint density at radius 1 is 0.783 bits per heavy atom. The molecule has 1 fully saturated rings. The van der Waals surface area contributed by atoms with Gasteiger partial charge in [-0.05, 0) is 78.9 Å². The largest absolute Gasteiger partial charge is 0.0844 e. The fourth-order valence-electron chi connectivity index (χ4n) is 4.83. The zero-order valence-corrected chi connectivity index (χ0v) is 16.9. The fraction of sp³-hybridized carbons (Fsp3) is 0.652. The Labute approximate surface area is 145 Å². The summed E-state index contributed by atoms with van der Waals surface area (Å²) in [7, 11) is 0. The first-order chi connectivity index (χ1) is 10.8. The van der Waals surface area contributed by atoms with E-state index in [0.29, 0.717) is 0 Å². The Hall–Kier alpha value is -1.04. The second-order valence-corrected chi connectivity index (χ2v) is 7.66. The molecule has 0 spiro atoms. The van der Waals surface area contributed by atoms with E-state index in [4.69, 9.17) is 0 Å². The number of rotatable bonds is 5. The summed E-state index contributed by atoms with van der Waals surface area (Å²) in [6.45, 7) is 18.3. The van der Waals surface area contributed by atoms with E-state index in [1.54, 1.807) is 11.1 Å². The lowest BCUT2D eigenvalue weighted by atomic mass is 9.59. The predicted octanol–water partition coefficient (Wildman–Crippen LogP) is 7.93. The maximum Gasteiger partial charge on any atom is 0.0206 e. The molecule has 1 rings (SSSR count). The Morgan fingerprint density at radius 3 is 1.65 bits per heavy atom. The normalized spacial score (nSPS) is 18.6. The lowest BCUT2D eigenvalue weighted by molar-refractivity contribution is 0.291. The van der Waals surface area contributed by atoms with Gasteiger partial charge in [-0.15, -0.1) is 0 Å². The van der Waals surface area contributed by atoms with Crippen molar-refractivity contribution in [1.29, 1.82) is 0 Å². The van der Waals surface area contributed by atoms with Crippen LogP contribution in [0.3, 0.4) is 0 Å². The van der Waals surface area contributed by atoms with Crippen molar-refractivity contribution < 1.29 is 0 Å². The first-order valence-corrected chi connectivity index (χ1v) is 9.48. The number of hydrogen-bond acceptors (Lipinski definition) is 0. The molecule has 1 aliphatic rings. The molecule has 0 heterocycles. The molecule has 0 aromatic rings. The van der Waals surface area contributed by atoms with Crippen molar-refractivity contribution in [3.63, 3.8) is 0 Å². The van der Waals surface area contributed by atoms with Gasteiger partial charge >= 0.3 is 0 Å². The highest BCUT2D eigenvalue weighted by Gasteiger charge is 2.41. The van der Waals surface area contributed by atoms with Gasteiger partial charge < -0.3 is 0 Å². The Bertz CT molecular complexity index is 520. The monoisotopic (exact) mass is 314 g/mol. The molecular formula is C23H38. The van der Waals surface area contributed by atoms with Crippen LogP contribution in [0, 0.1) is 5.41 Å². The molecule has 0 saturated heterocycles. The minimum Gasteiger partial charge on any atom is -0.0844 e. The molecule has 0 radical (unpaired) electrons. The molecule has 0 amide bonds. The summed E-state index contributed by atoms with van der Waals surface area (Å²) >= 11 is 0. The first kappa shape index (κ1) is 20.0. The third-order valence-electron chi connectivity index (χ3n) is 5.40. The van der Waals surface area contributed by atoms with Crippen LogP contribution in [-0.2, 0) is 0 Å². The quantitative estimate of drug-likeness (QED) is 0.452. The second kappa shape index (κ2) is 8.71. The minimum atomic E-state index is 0.224. The van der Waals surface area contributed by atoms with Crippen LogP contribution in [0.25, 0.3) is 0 Å². The van der Waals surface area contributed by atoms with Crippen LogP contribution in [0.4, 0.5) is 0 Å². The molecule has 0 bridgehead atoms. The number of hydrogen-bond donors (Lipinski definition) is 0. The Balaban J connectivity index is 3.70. The third-order valence-corrected chi connectivity index (χ3v) is 5.40. The van der Waals surface area contributed by atoms with Gasteiger partial charge in [0.25, 0.3) is 0 Å².